The number of carbonyl (C=O) groups excluding carboxylic acids is 1. The van der Waals surface area contributed by atoms with E-state index in [-0.39, 0.29) is 12.0 Å². The van der Waals surface area contributed by atoms with Crippen molar-refractivity contribution in [2.45, 2.75) is 44.9 Å². The van der Waals surface area contributed by atoms with Gasteiger partial charge in [-0.25, -0.2) is 0 Å². The van der Waals surface area contributed by atoms with Crippen LogP contribution in [-0.4, -0.2) is 63.0 Å². The van der Waals surface area contributed by atoms with Crippen LogP contribution in [0.3, 0.4) is 0 Å². The number of hydrogen-bond acceptors (Lipinski definition) is 6. The van der Waals surface area contributed by atoms with E-state index in [0.717, 1.165) is 57.1 Å². The number of nitrogens with zero attached hydrogens (tertiary/aromatic N) is 4. The van der Waals surface area contributed by atoms with E-state index in [1.807, 2.05) is 12.1 Å². The van der Waals surface area contributed by atoms with Gasteiger partial charge in [0.1, 0.15) is 23.5 Å². The molecule has 0 aliphatic carbocycles. The number of fused-ring (bicyclic) bond motifs is 1. The average Bonchev–Trinajstić information content (AvgIpc) is 3.32. The van der Waals surface area contributed by atoms with Crippen molar-refractivity contribution in [3.8, 4) is 5.75 Å². The molecule has 8 nitrogen and oxygen atoms in total. The van der Waals surface area contributed by atoms with E-state index in [2.05, 4.69) is 25.0 Å². The number of nitrogens with one attached hydrogen (secondary N) is 1. The van der Waals surface area contributed by atoms with Gasteiger partial charge in [-0.3, -0.25) is 9.69 Å². The van der Waals surface area contributed by atoms with Gasteiger partial charge in [-0.1, -0.05) is 12.1 Å². The fraction of sp³-hybridized carbons (Fsp3) is 0.550. The van der Waals surface area contributed by atoms with E-state index < -0.39 is 0 Å². The van der Waals surface area contributed by atoms with Gasteiger partial charge in [0.05, 0.1) is 0 Å². The van der Waals surface area contributed by atoms with E-state index in [0.29, 0.717) is 25.3 Å². The Hall–Kier alpha value is -2.45. The number of aromatic hydroxyl groups is 1. The van der Waals surface area contributed by atoms with Crippen LogP contribution in [0.1, 0.15) is 30.1 Å². The Morgan fingerprint density at radius 1 is 1.21 bits per heavy atom. The zero-order chi connectivity index (χ0) is 19.3. The van der Waals surface area contributed by atoms with Crippen LogP contribution in [0, 0.1) is 0 Å². The standard InChI is InChI=1S/C20H27N5O3/c26-16-5-3-15(4-6-16)14-24-10-8-19-23-22-18(25(19)12-11-24)7-9-21-20(27)17-2-1-13-28-17/h3-6,17,26H,1-2,7-14H2,(H,21,27)/t17-/m1/s1. The van der Waals surface area contributed by atoms with Gasteiger partial charge in [0.25, 0.3) is 0 Å². The Labute approximate surface area is 164 Å². The SMILES string of the molecule is O=C(NCCc1nnc2n1CCN(Cc1ccc(O)cc1)CC2)[C@H]1CCCO1. The molecule has 1 aromatic carbocycles. The number of phenolic OH excluding ortho intramolecular Hbond substituents is 1. The van der Waals surface area contributed by atoms with Crippen LogP contribution in [0.15, 0.2) is 24.3 Å². The fourth-order valence-electron chi connectivity index (χ4n) is 3.83. The summed E-state index contributed by atoms with van der Waals surface area (Å²) >= 11 is 0. The molecule has 1 atom stereocenters. The highest BCUT2D eigenvalue weighted by molar-refractivity contribution is 5.80. The Morgan fingerprint density at radius 2 is 2.07 bits per heavy atom. The van der Waals surface area contributed by atoms with Crippen molar-refractivity contribution in [1.82, 2.24) is 25.0 Å². The molecular weight excluding hydrogens is 358 g/mol. The molecule has 0 spiro atoms. The molecule has 1 amide bonds. The van der Waals surface area contributed by atoms with Crippen LogP contribution in [-0.2, 0) is 35.5 Å². The van der Waals surface area contributed by atoms with Crippen molar-refractivity contribution in [1.29, 1.82) is 0 Å². The highest BCUT2D eigenvalue weighted by Gasteiger charge is 2.23. The third kappa shape index (κ3) is 4.51. The summed E-state index contributed by atoms with van der Waals surface area (Å²) in [7, 11) is 0. The number of aromatic nitrogens is 3. The quantitative estimate of drug-likeness (QED) is 0.767. The van der Waals surface area contributed by atoms with Crippen molar-refractivity contribution >= 4 is 5.91 Å². The molecule has 8 heteroatoms. The minimum absolute atomic E-state index is 0.0202. The second kappa shape index (κ2) is 8.70. The Balaban J connectivity index is 1.29. The minimum Gasteiger partial charge on any atom is -0.508 e. The smallest absolute Gasteiger partial charge is 0.249 e. The van der Waals surface area contributed by atoms with Crippen molar-refractivity contribution in [3.63, 3.8) is 0 Å². The van der Waals surface area contributed by atoms with E-state index in [9.17, 15) is 9.90 Å². The molecule has 28 heavy (non-hydrogen) atoms. The topological polar surface area (TPSA) is 92.5 Å². The summed E-state index contributed by atoms with van der Waals surface area (Å²) in [5, 5.41) is 21.1. The summed E-state index contributed by atoms with van der Waals surface area (Å²) in [6.45, 7) is 4.77. The number of benzene rings is 1. The van der Waals surface area contributed by atoms with Gasteiger partial charge in [0, 0.05) is 52.2 Å². The van der Waals surface area contributed by atoms with Gasteiger partial charge in [0.2, 0.25) is 5.91 Å². The zero-order valence-electron chi connectivity index (χ0n) is 16.0. The third-order valence-electron chi connectivity index (χ3n) is 5.41. The molecule has 0 unspecified atom stereocenters. The lowest BCUT2D eigenvalue weighted by Gasteiger charge is -2.19. The molecule has 3 heterocycles. The summed E-state index contributed by atoms with van der Waals surface area (Å²) in [6, 6.07) is 7.38. The normalized spacial score (nSPS) is 19.9. The van der Waals surface area contributed by atoms with Gasteiger partial charge in [-0.15, -0.1) is 10.2 Å². The molecular formula is C20H27N5O3. The average molecular weight is 385 g/mol. The summed E-state index contributed by atoms with van der Waals surface area (Å²) < 4.78 is 7.60. The van der Waals surface area contributed by atoms with Crippen LogP contribution in [0.25, 0.3) is 0 Å². The lowest BCUT2D eigenvalue weighted by molar-refractivity contribution is -0.130. The maximum absolute atomic E-state index is 12.1. The second-order valence-electron chi connectivity index (χ2n) is 7.42. The highest BCUT2D eigenvalue weighted by atomic mass is 16.5. The molecule has 4 rings (SSSR count). The van der Waals surface area contributed by atoms with Gasteiger partial charge in [-0.2, -0.15) is 0 Å². The Kier molecular flexibility index (Phi) is 5.87. The van der Waals surface area contributed by atoms with E-state index in [1.54, 1.807) is 12.1 Å². The molecule has 0 saturated carbocycles. The summed E-state index contributed by atoms with van der Waals surface area (Å²) in [4.78, 5) is 14.4. The van der Waals surface area contributed by atoms with E-state index in [4.69, 9.17) is 4.74 Å². The first-order valence-electron chi connectivity index (χ1n) is 9.99. The predicted molar refractivity (Wildman–Crippen MR) is 103 cm³/mol. The third-order valence-corrected chi connectivity index (χ3v) is 5.41. The lowest BCUT2D eigenvalue weighted by Crippen LogP contribution is -2.35. The molecule has 1 aromatic heterocycles. The van der Waals surface area contributed by atoms with Crippen molar-refractivity contribution in [2.24, 2.45) is 0 Å². The maximum atomic E-state index is 12.1. The van der Waals surface area contributed by atoms with Crippen molar-refractivity contribution in [2.75, 3.05) is 26.2 Å². The molecule has 2 aliphatic heterocycles. The zero-order valence-corrected chi connectivity index (χ0v) is 16.0. The molecule has 0 radical (unpaired) electrons. The summed E-state index contributed by atoms with van der Waals surface area (Å²) in [5.41, 5.74) is 1.19. The van der Waals surface area contributed by atoms with Crippen LogP contribution < -0.4 is 5.32 Å². The molecule has 2 aromatic rings. The van der Waals surface area contributed by atoms with Crippen molar-refractivity contribution in [3.05, 3.63) is 41.5 Å². The number of carbonyl (C=O) groups is 1. The number of phenols is 1. The maximum Gasteiger partial charge on any atom is 0.249 e. The number of rotatable bonds is 6. The molecule has 0 bridgehead atoms. The first-order chi connectivity index (χ1) is 13.7. The Morgan fingerprint density at radius 3 is 2.86 bits per heavy atom. The first kappa shape index (κ1) is 18.9. The van der Waals surface area contributed by atoms with Gasteiger partial charge in [0.15, 0.2) is 0 Å². The molecule has 150 valence electrons. The van der Waals surface area contributed by atoms with Crippen LogP contribution in [0.4, 0.5) is 0 Å². The first-order valence-corrected chi connectivity index (χ1v) is 9.99. The van der Waals surface area contributed by atoms with E-state index in [1.165, 1.54) is 5.56 Å². The van der Waals surface area contributed by atoms with Crippen LogP contribution in [0.2, 0.25) is 0 Å². The molecule has 2 aliphatic rings. The summed E-state index contributed by atoms with van der Waals surface area (Å²) in [6.07, 6.45) is 3.00. The van der Waals surface area contributed by atoms with E-state index >= 15 is 0 Å². The Bertz CT molecular complexity index is 799. The molecule has 2 N–H and O–H groups in total. The van der Waals surface area contributed by atoms with Gasteiger partial charge >= 0.3 is 0 Å². The number of ether oxygens (including phenoxy) is 1. The monoisotopic (exact) mass is 385 g/mol. The van der Waals surface area contributed by atoms with Gasteiger partial charge in [-0.05, 0) is 30.5 Å². The highest BCUT2D eigenvalue weighted by Crippen LogP contribution is 2.15. The van der Waals surface area contributed by atoms with Gasteiger partial charge < -0.3 is 19.7 Å². The molecule has 1 saturated heterocycles. The number of hydrogen-bond donors (Lipinski definition) is 2. The molecule has 1 fully saturated rings. The fourth-order valence-corrected chi connectivity index (χ4v) is 3.83. The lowest BCUT2D eigenvalue weighted by atomic mass is 10.2. The number of amides is 1. The minimum atomic E-state index is -0.288. The van der Waals surface area contributed by atoms with Crippen LogP contribution in [0.5, 0.6) is 5.75 Å². The van der Waals surface area contributed by atoms with Crippen molar-refractivity contribution < 1.29 is 14.6 Å². The largest absolute Gasteiger partial charge is 0.508 e. The summed E-state index contributed by atoms with van der Waals surface area (Å²) in [5.74, 6) is 2.21. The second-order valence-corrected chi connectivity index (χ2v) is 7.42. The van der Waals surface area contributed by atoms with Crippen LogP contribution >= 0.6 is 0 Å². The predicted octanol–water partition coefficient (Wildman–Crippen LogP) is 0.880.